The van der Waals surface area contributed by atoms with Gasteiger partial charge in [0.25, 0.3) is 0 Å². The quantitative estimate of drug-likeness (QED) is 0.494. The van der Waals surface area contributed by atoms with Crippen LogP contribution in [0.5, 0.6) is 34.5 Å². The summed E-state index contributed by atoms with van der Waals surface area (Å²) in [7, 11) is 0. The van der Waals surface area contributed by atoms with Gasteiger partial charge in [0, 0.05) is 24.3 Å². The fourth-order valence-electron chi connectivity index (χ4n) is 2.19. The van der Waals surface area contributed by atoms with Crippen molar-refractivity contribution in [3.8, 4) is 34.5 Å². The van der Waals surface area contributed by atoms with Gasteiger partial charge in [-0.2, -0.15) is 0 Å². The zero-order chi connectivity index (χ0) is 17.8. The van der Waals surface area contributed by atoms with Crippen LogP contribution in [-0.4, -0.2) is 21.3 Å². The number of hydrogen-bond acceptors (Lipinski definition) is 6. The molecule has 6 nitrogen and oxygen atoms in total. The number of benzene rings is 3. The van der Waals surface area contributed by atoms with E-state index in [1.54, 1.807) is 24.3 Å². The van der Waals surface area contributed by atoms with Crippen LogP contribution in [0.25, 0.3) is 0 Å². The third-order valence-electron chi connectivity index (χ3n) is 3.24. The van der Waals surface area contributed by atoms with Crippen molar-refractivity contribution >= 4 is 5.97 Å². The van der Waals surface area contributed by atoms with Crippen LogP contribution < -0.4 is 9.47 Å². The van der Waals surface area contributed by atoms with Crippen LogP contribution in [0.1, 0.15) is 10.4 Å². The van der Waals surface area contributed by atoms with E-state index in [1.807, 2.05) is 0 Å². The van der Waals surface area contributed by atoms with Crippen LogP contribution in [0.4, 0.5) is 0 Å². The minimum atomic E-state index is -0.675. The maximum atomic E-state index is 12.4. The minimum Gasteiger partial charge on any atom is -0.508 e. The number of hydrogen-bond donors (Lipinski definition) is 3. The molecule has 0 heterocycles. The molecule has 3 rings (SSSR count). The summed E-state index contributed by atoms with van der Waals surface area (Å²) < 4.78 is 10.8. The normalized spacial score (nSPS) is 10.2. The smallest absolute Gasteiger partial charge is 0.347 e. The molecule has 0 saturated carbocycles. The van der Waals surface area contributed by atoms with Gasteiger partial charge in [-0.3, -0.25) is 0 Å². The van der Waals surface area contributed by atoms with E-state index in [4.69, 9.17) is 9.47 Å². The second-order valence-electron chi connectivity index (χ2n) is 5.17. The molecule has 0 amide bonds. The molecule has 126 valence electrons. The van der Waals surface area contributed by atoms with Crippen LogP contribution in [0, 0.1) is 0 Å². The largest absolute Gasteiger partial charge is 0.508 e. The molecule has 6 heteroatoms. The minimum absolute atomic E-state index is 0.0231. The molecule has 0 bridgehead atoms. The number of rotatable bonds is 4. The number of ether oxygens (including phenoxy) is 2. The zero-order valence-corrected chi connectivity index (χ0v) is 12.9. The highest BCUT2D eigenvalue weighted by molar-refractivity contribution is 5.94. The lowest BCUT2D eigenvalue weighted by molar-refractivity contribution is 0.0732. The van der Waals surface area contributed by atoms with E-state index < -0.39 is 5.97 Å². The molecule has 0 fully saturated rings. The number of phenols is 3. The summed E-state index contributed by atoms with van der Waals surface area (Å²) in [5, 5.41) is 28.5. The second-order valence-corrected chi connectivity index (χ2v) is 5.17. The number of aromatic hydroxyl groups is 3. The third-order valence-corrected chi connectivity index (χ3v) is 3.24. The Morgan fingerprint density at radius 3 is 2.12 bits per heavy atom. The highest BCUT2D eigenvalue weighted by Crippen LogP contribution is 2.31. The van der Waals surface area contributed by atoms with Gasteiger partial charge in [-0.05, 0) is 24.3 Å². The van der Waals surface area contributed by atoms with Gasteiger partial charge in [0.2, 0.25) is 0 Å². The van der Waals surface area contributed by atoms with Gasteiger partial charge in [-0.15, -0.1) is 0 Å². The molecule has 0 aromatic heterocycles. The third kappa shape index (κ3) is 4.00. The highest BCUT2D eigenvalue weighted by atomic mass is 16.5. The fourth-order valence-corrected chi connectivity index (χ4v) is 2.19. The summed E-state index contributed by atoms with van der Waals surface area (Å²) >= 11 is 0. The Morgan fingerprint density at radius 2 is 1.40 bits per heavy atom. The maximum Gasteiger partial charge on any atom is 0.347 e. The number of esters is 1. The predicted octanol–water partition coefficient (Wildman–Crippen LogP) is 3.81. The first-order valence-corrected chi connectivity index (χ1v) is 7.32. The standard InChI is InChI=1S/C19H14O6/c20-12-4-3-5-15(9-12)25-19(23)17-6-1-2-7-18(17)24-16-10-13(21)8-14(22)11-16/h1-11,20-22H. The van der Waals surface area contributed by atoms with Crippen molar-refractivity contribution in [1.82, 2.24) is 0 Å². The number of phenolic OH excluding ortho intramolecular Hbond substituents is 3. The SMILES string of the molecule is O=C(Oc1cccc(O)c1)c1ccccc1Oc1cc(O)cc(O)c1. The van der Waals surface area contributed by atoms with E-state index in [-0.39, 0.29) is 40.1 Å². The first-order chi connectivity index (χ1) is 12.0. The lowest BCUT2D eigenvalue weighted by Gasteiger charge is -2.11. The van der Waals surface area contributed by atoms with E-state index in [1.165, 1.54) is 36.4 Å². The van der Waals surface area contributed by atoms with Crippen LogP contribution >= 0.6 is 0 Å². The molecule has 0 saturated heterocycles. The van der Waals surface area contributed by atoms with Crippen molar-refractivity contribution in [1.29, 1.82) is 0 Å². The van der Waals surface area contributed by atoms with Gasteiger partial charge in [-0.1, -0.05) is 18.2 Å². The van der Waals surface area contributed by atoms with Crippen molar-refractivity contribution in [2.45, 2.75) is 0 Å². The first-order valence-electron chi connectivity index (χ1n) is 7.32. The Balaban J connectivity index is 1.86. The Morgan fingerprint density at radius 1 is 0.720 bits per heavy atom. The predicted molar refractivity (Wildman–Crippen MR) is 89.4 cm³/mol. The molecule has 0 radical (unpaired) electrons. The fraction of sp³-hybridized carbons (Fsp3) is 0. The van der Waals surface area contributed by atoms with Crippen molar-refractivity contribution in [2.24, 2.45) is 0 Å². The summed E-state index contributed by atoms with van der Waals surface area (Å²) in [5.74, 6) is -0.497. The van der Waals surface area contributed by atoms with Crippen LogP contribution in [0.15, 0.2) is 66.7 Å². The molecule has 3 aromatic rings. The molecule has 0 aliphatic heterocycles. The molecule has 0 atom stereocenters. The summed E-state index contributed by atoms with van der Waals surface area (Å²) in [6, 6.07) is 16.0. The molecule has 0 aliphatic rings. The Kier molecular flexibility index (Phi) is 4.43. The highest BCUT2D eigenvalue weighted by Gasteiger charge is 2.16. The molecule has 0 unspecified atom stereocenters. The average Bonchev–Trinajstić information content (AvgIpc) is 2.54. The van der Waals surface area contributed by atoms with Gasteiger partial charge in [0.15, 0.2) is 0 Å². The number of carbonyl (C=O) groups is 1. The summed E-state index contributed by atoms with van der Waals surface area (Å²) in [5.41, 5.74) is 0.147. The number of carbonyl (C=O) groups excluding carboxylic acids is 1. The summed E-state index contributed by atoms with van der Waals surface area (Å²) in [6.45, 7) is 0. The van der Waals surface area contributed by atoms with E-state index >= 15 is 0 Å². The summed E-state index contributed by atoms with van der Waals surface area (Å²) in [4.78, 5) is 12.4. The average molecular weight is 338 g/mol. The Hall–Kier alpha value is -3.67. The molecule has 3 aromatic carbocycles. The molecular formula is C19H14O6. The molecule has 0 aliphatic carbocycles. The van der Waals surface area contributed by atoms with Gasteiger partial charge in [0.1, 0.15) is 40.1 Å². The second kappa shape index (κ2) is 6.84. The van der Waals surface area contributed by atoms with Gasteiger partial charge < -0.3 is 24.8 Å². The Labute approximate surface area is 143 Å². The van der Waals surface area contributed by atoms with Crippen molar-refractivity contribution in [3.63, 3.8) is 0 Å². The van der Waals surface area contributed by atoms with Crippen LogP contribution in [0.3, 0.4) is 0 Å². The first kappa shape index (κ1) is 16.2. The zero-order valence-electron chi connectivity index (χ0n) is 12.9. The molecular weight excluding hydrogens is 324 g/mol. The van der Waals surface area contributed by atoms with Gasteiger partial charge in [0.05, 0.1) is 0 Å². The van der Waals surface area contributed by atoms with E-state index in [9.17, 15) is 20.1 Å². The van der Waals surface area contributed by atoms with E-state index in [0.717, 1.165) is 6.07 Å². The number of para-hydroxylation sites is 1. The van der Waals surface area contributed by atoms with Crippen molar-refractivity contribution < 1.29 is 29.6 Å². The summed E-state index contributed by atoms with van der Waals surface area (Å²) in [6.07, 6.45) is 0. The van der Waals surface area contributed by atoms with E-state index in [0.29, 0.717) is 0 Å². The lowest BCUT2D eigenvalue weighted by Crippen LogP contribution is -2.09. The van der Waals surface area contributed by atoms with Crippen LogP contribution in [-0.2, 0) is 0 Å². The van der Waals surface area contributed by atoms with Gasteiger partial charge in [-0.25, -0.2) is 4.79 Å². The van der Waals surface area contributed by atoms with Crippen molar-refractivity contribution in [2.75, 3.05) is 0 Å². The van der Waals surface area contributed by atoms with E-state index in [2.05, 4.69) is 0 Å². The topological polar surface area (TPSA) is 96.2 Å². The Bertz CT molecular complexity index is 899. The van der Waals surface area contributed by atoms with Crippen molar-refractivity contribution in [3.05, 3.63) is 72.3 Å². The lowest BCUT2D eigenvalue weighted by atomic mass is 10.2. The monoisotopic (exact) mass is 338 g/mol. The molecule has 25 heavy (non-hydrogen) atoms. The van der Waals surface area contributed by atoms with Crippen LogP contribution in [0.2, 0.25) is 0 Å². The van der Waals surface area contributed by atoms with Gasteiger partial charge >= 0.3 is 5.97 Å². The molecule has 0 spiro atoms. The maximum absolute atomic E-state index is 12.4. The molecule has 3 N–H and O–H groups in total.